The molecule has 5 nitrogen and oxygen atoms in total. The number of hydrogen-bond acceptors (Lipinski definition) is 4. The minimum Gasteiger partial charge on any atom is -0.399 e. The maximum absolute atomic E-state index is 13.8. The van der Waals surface area contributed by atoms with Gasteiger partial charge >= 0.3 is 0 Å². The van der Waals surface area contributed by atoms with Crippen molar-refractivity contribution in [3.63, 3.8) is 0 Å². The van der Waals surface area contributed by atoms with E-state index in [1.54, 1.807) is 6.92 Å². The fourth-order valence-corrected chi connectivity index (χ4v) is 3.39. The van der Waals surface area contributed by atoms with Crippen LogP contribution in [0.1, 0.15) is 13.3 Å². The van der Waals surface area contributed by atoms with Crippen molar-refractivity contribution in [2.24, 2.45) is 0 Å². The lowest BCUT2D eigenvalue weighted by Crippen LogP contribution is -2.32. The zero-order valence-corrected chi connectivity index (χ0v) is 11.8. The Kier molecular flexibility index (Phi) is 5.11. The molecule has 1 rings (SSSR count). The summed E-state index contributed by atoms with van der Waals surface area (Å²) in [5, 5.41) is 8.15. The van der Waals surface area contributed by atoms with E-state index in [4.69, 9.17) is 22.6 Å². The molecular weight excluding hydrogens is 293 g/mol. The fraction of sp³-hybridized carbons (Fsp3) is 0.364. The maximum Gasteiger partial charge on any atom is 0.246 e. The molecule has 0 aromatic heterocycles. The molecule has 2 N–H and O–H groups in total. The summed E-state index contributed by atoms with van der Waals surface area (Å²) < 4.78 is 39.4. The molecule has 0 amide bonds. The molecule has 0 bridgehead atoms. The van der Waals surface area contributed by atoms with Gasteiger partial charge in [-0.2, -0.15) is 9.57 Å². The van der Waals surface area contributed by atoms with E-state index in [2.05, 4.69) is 0 Å². The molecule has 0 fully saturated rings. The number of rotatable bonds is 5. The van der Waals surface area contributed by atoms with Crippen molar-refractivity contribution in [3.05, 3.63) is 23.0 Å². The van der Waals surface area contributed by atoms with Gasteiger partial charge in [0.2, 0.25) is 10.0 Å². The lowest BCUT2D eigenvalue weighted by Gasteiger charge is -2.20. The molecule has 8 heteroatoms. The van der Waals surface area contributed by atoms with Crippen LogP contribution in [0.15, 0.2) is 17.0 Å². The molecule has 0 spiro atoms. The van der Waals surface area contributed by atoms with Crippen LogP contribution in [0.3, 0.4) is 0 Å². The molecule has 0 heterocycles. The van der Waals surface area contributed by atoms with E-state index in [0.717, 1.165) is 16.4 Å². The number of halogens is 2. The highest BCUT2D eigenvalue weighted by Gasteiger charge is 2.27. The molecule has 0 aliphatic carbocycles. The average molecular weight is 306 g/mol. The predicted molar refractivity (Wildman–Crippen MR) is 70.5 cm³/mol. The molecule has 0 aliphatic rings. The molecule has 0 radical (unpaired) electrons. The summed E-state index contributed by atoms with van der Waals surface area (Å²) in [6, 6.07) is 4.00. The van der Waals surface area contributed by atoms with Crippen LogP contribution in [-0.2, 0) is 10.0 Å². The molecule has 0 aliphatic heterocycles. The lowest BCUT2D eigenvalue weighted by atomic mass is 10.3. The number of nitrogens with zero attached hydrogens (tertiary/aromatic N) is 2. The molecule has 0 saturated heterocycles. The van der Waals surface area contributed by atoms with Gasteiger partial charge in [-0.3, -0.25) is 0 Å². The highest BCUT2D eigenvalue weighted by atomic mass is 35.5. The van der Waals surface area contributed by atoms with Crippen molar-refractivity contribution in [1.82, 2.24) is 4.31 Å². The van der Waals surface area contributed by atoms with Gasteiger partial charge in [-0.05, 0) is 12.1 Å². The number of hydrogen-bond donors (Lipinski definition) is 1. The van der Waals surface area contributed by atoms with Crippen molar-refractivity contribution in [2.75, 3.05) is 18.8 Å². The van der Waals surface area contributed by atoms with Crippen LogP contribution < -0.4 is 5.73 Å². The van der Waals surface area contributed by atoms with Crippen LogP contribution >= 0.6 is 11.6 Å². The average Bonchev–Trinajstić information content (AvgIpc) is 2.34. The molecule has 1 aromatic carbocycles. The summed E-state index contributed by atoms with van der Waals surface area (Å²) in [6.07, 6.45) is 0.0186. The first-order chi connectivity index (χ1) is 8.84. The Balaban J connectivity index is 3.30. The third-order valence-corrected chi connectivity index (χ3v) is 4.71. The van der Waals surface area contributed by atoms with Crippen LogP contribution in [0.25, 0.3) is 0 Å². The van der Waals surface area contributed by atoms with E-state index < -0.39 is 20.7 Å². The largest absolute Gasteiger partial charge is 0.399 e. The van der Waals surface area contributed by atoms with Crippen molar-refractivity contribution >= 4 is 27.3 Å². The van der Waals surface area contributed by atoms with Gasteiger partial charge in [-0.1, -0.05) is 18.5 Å². The number of nitriles is 1. The van der Waals surface area contributed by atoms with Gasteiger partial charge in [0, 0.05) is 25.2 Å². The highest BCUT2D eigenvalue weighted by molar-refractivity contribution is 7.89. The summed E-state index contributed by atoms with van der Waals surface area (Å²) in [6.45, 7) is 1.71. The highest BCUT2D eigenvalue weighted by Crippen LogP contribution is 2.27. The van der Waals surface area contributed by atoms with Crippen LogP contribution in [0, 0.1) is 17.1 Å². The molecule has 0 atom stereocenters. The predicted octanol–water partition coefficient (Wildman–Crippen LogP) is 1.99. The molecular formula is C11H13ClFN3O2S. The van der Waals surface area contributed by atoms with E-state index in [-0.39, 0.29) is 30.2 Å². The summed E-state index contributed by atoms with van der Waals surface area (Å²) >= 11 is 5.59. The second kappa shape index (κ2) is 6.19. The van der Waals surface area contributed by atoms with Gasteiger partial charge in [0.15, 0.2) is 5.82 Å². The van der Waals surface area contributed by atoms with Gasteiger partial charge < -0.3 is 5.73 Å². The van der Waals surface area contributed by atoms with E-state index in [9.17, 15) is 12.8 Å². The topological polar surface area (TPSA) is 87.2 Å². The molecule has 0 saturated carbocycles. The first-order valence-electron chi connectivity index (χ1n) is 5.46. The third-order valence-electron chi connectivity index (χ3n) is 2.46. The third kappa shape index (κ3) is 3.35. The SMILES string of the molecule is CCN(CCC#N)S(=O)(=O)c1cc(N)cc(Cl)c1F. The summed E-state index contributed by atoms with van der Waals surface area (Å²) in [5.74, 6) is -1.04. The summed E-state index contributed by atoms with van der Waals surface area (Å²) in [7, 11) is -4.06. The van der Waals surface area contributed by atoms with E-state index in [1.807, 2.05) is 6.07 Å². The van der Waals surface area contributed by atoms with Gasteiger partial charge in [0.1, 0.15) is 4.90 Å². The van der Waals surface area contributed by atoms with Crippen LogP contribution in [-0.4, -0.2) is 25.8 Å². The second-order valence-electron chi connectivity index (χ2n) is 3.72. The standard InChI is InChI=1S/C11H13ClFN3O2S/c1-2-16(5-3-4-14)19(17,18)10-7-8(15)6-9(12)11(10)13/h6-7H,2-3,5,15H2,1H3. The Bertz CT molecular complexity index is 613. The number of benzene rings is 1. The number of nitrogens with two attached hydrogens (primary N) is 1. The lowest BCUT2D eigenvalue weighted by molar-refractivity contribution is 0.430. The fourth-order valence-electron chi connectivity index (χ4n) is 1.53. The molecule has 104 valence electrons. The Morgan fingerprint density at radius 1 is 1.53 bits per heavy atom. The zero-order chi connectivity index (χ0) is 14.6. The Morgan fingerprint density at radius 3 is 2.68 bits per heavy atom. The van der Waals surface area contributed by atoms with E-state index >= 15 is 0 Å². The summed E-state index contributed by atoms with van der Waals surface area (Å²) in [4.78, 5) is -0.572. The first kappa shape index (κ1) is 15.7. The minimum absolute atomic E-state index is 0.0127. The Hall–Kier alpha value is -1.36. The number of anilines is 1. The van der Waals surface area contributed by atoms with E-state index in [0.29, 0.717) is 0 Å². The van der Waals surface area contributed by atoms with Crippen molar-refractivity contribution in [3.8, 4) is 6.07 Å². The van der Waals surface area contributed by atoms with E-state index in [1.165, 1.54) is 0 Å². The van der Waals surface area contributed by atoms with Crippen LogP contribution in [0.5, 0.6) is 0 Å². The first-order valence-corrected chi connectivity index (χ1v) is 7.28. The molecule has 19 heavy (non-hydrogen) atoms. The van der Waals surface area contributed by atoms with Gasteiger partial charge in [0.25, 0.3) is 0 Å². The van der Waals surface area contributed by atoms with Gasteiger partial charge in [0.05, 0.1) is 11.1 Å². The number of sulfonamides is 1. The maximum atomic E-state index is 13.8. The van der Waals surface area contributed by atoms with Crippen LogP contribution in [0.2, 0.25) is 5.02 Å². The van der Waals surface area contributed by atoms with Crippen LogP contribution in [0.4, 0.5) is 10.1 Å². The normalized spacial score (nSPS) is 11.5. The number of nitrogen functional groups attached to an aromatic ring is 1. The van der Waals surface area contributed by atoms with Gasteiger partial charge in [-0.15, -0.1) is 0 Å². The van der Waals surface area contributed by atoms with Crippen molar-refractivity contribution in [1.29, 1.82) is 5.26 Å². The molecule has 1 aromatic rings. The monoisotopic (exact) mass is 305 g/mol. The van der Waals surface area contributed by atoms with Gasteiger partial charge in [-0.25, -0.2) is 12.8 Å². The van der Waals surface area contributed by atoms with Crippen molar-refractivity contribution in [2.45, 2.75) is 18.2 Å². The second-order valence-corrected chi connectivity index (χ2v) is 6.03. The Labute approximate surface area is 116 Å². The Morgan fingerprint density at radius 2 is 2.16 bits per heavy atom. The minimum atomic E-state index is -4.06. The zero-order valence-electron chi connectivity index (χ0n) is 10.2. The van der Waals surface area contributed by atoms with Crippen molar-refractivity contribution < 1.29 is 12.8 Å². The summed E-state index contributed by atoms with van der Waals surface area (Å²) in [5.41, 5.74) is 5.54. The molecule has 0 unspecified atom stereocenters. The smallest absolute Gasteiger partial charge is 0.246 e. The quantitative estimate of drug-likeness (QED) is 0.843.